The molecule has 130 valence electrons. The van der Waals surface area contributed by atoms with Gasteiger partial charge in [-0.05, 0) is 35.7 Å². The summed E-state index contributed by atoms with van der Waals surface area (Å²) in [4.78, 5) is 15.2. The fourth-order valence-corrected chi connectivity index (χ4v) is 3.99. The number of hydrogen-bond acceptors (Lipinski definition) is 5. The van der Waals surface area contributed by atoms with Crippen molar-refractivity contribution in [2.75, 3.05) is 12.8 Å². The van der Waals surface area contributed by atoms with Crippen molar-refractivity contribution in [2.45, 2.75) is 11.7 Å². The quantitative estimate of drug-likeness (QED) is 0.596. The number of thiophene rings is 1. The van der Waals surface area contributed by atoms with Crippen LogP contribution in [0.3, 0.4) is 0 Å². The normalized spacial score (nSPS) is 10.8. The number of benzene rings is 1. The van der Waals surface area contributed by atoms with Gasteiger partial charge in [0, 0.05) is 29.6 Å². The molecule has 0 fully saturated rings. The Hall–Kier alpha value is -1.83. The van der Waals surface area contributed by atoms with E-state index in [-0.39, 0.29) is 5.91 Å². The van der Waals surface area contributed by atoms with Gasteiger partial charge in [0.05, 0.1) is 12.3 Å². The largest absolute Gasteiger partial charge is 0.340 e. The van der Waals surface area contributed by atoms with Gasteiger partial charge in [0.15, 0.2) is 11.0 Å². The molecule has 0 aliphatic carbocycles. The molecule has 8 heteroatoms. The highest BCUT2D eigenvalue weighted by Crippen LogP contribution is 2.24. The standard InChI is InChI=1S/C17H17ClN4OS2/c1-21(10-14-4-3-9-24-14)15(23)11-25-17-20-19-16(22(17)2)12-5-7-13(18)8-6-12/h3-9H,10-11H2,1-2H3. The molecule has 1 aromatic carbocycles. The van der Waals surface area contributed by atoms with Crippen molar-refractivity contribution in [3.05, 3.63) is 51.7 Å². The minimum atomic E-state index is 0.0643. The molecule has 0 spiro atoms. The Morgan fingerprint density at radius 1 is 1.28 bits per heavy atom. The van der Waals surface area contributed by atoms with Crippen LogP contribution in [0.2, 0.25) is 5.02 Å². The van der Waals surface area contributed by atoms with Crippen molar-refractivity contribution in [3.8, 4) is 11.4 Å². The van der Waals surface area contributed by atoms with E-state index >= 15 is 0 Å². The van der Waals surface area contributed by atoms with E-state index in [4.69, 9.17) is 11.6 Å². The molecule has 0 aliphatic heterocycles. The first-order chi connectivity index (χ1) is 12.0. The maximum atomic E-state index is 12.3. The second-order valence-electron chi connectivity index (χ2n) is 5.49. The fourth-order valence-electron chi connectivity index (χ4n) is 2.25. The van der Waals surface area contributed by atoms with Crippen LogP contribution in [0.25, 0.3) is 11.4 Å². The highest BCUT2D eigenvalue weighted by Gasteiger charge is 2.15. The average Bonchev–Trinajstić information content (AvgIpc) is 3.23. The van der Waals surface area contributed by atoms with Crippen LogP contribution < -0.4 is 0 Å². The highest BCUT2D eigenvalue weighted by molar-refractivity contribution is 7.99. The van der Waals surface area contributed by atoms with Crippen molar-refractivity contribution >= 4 is 40.6 Å². The Morgan fingerprint density at radius 3 is 2.72 bits per heavy atom. The molecule has 0 saturated carbocycles. The third-order valence-electron chi connectivity index (χ3n) is 3.66. The molecule has 0 unspecified atom stereocenters. The van der Waals surface area contributed by atoms with Gasteiger partial charge in [-0.1, -0.05) is 29.4 Å². The molecule has 0 saturated heterocycles. The summed E-state index contributed by atoms with van der Waals surface area (Å²) in [5.41, 5.74) is 0.937. The third kappa shape index (κ3) is 4.42. The zero-order valence-electron chi connectivity index (χ0n) is 13.8. The van der Waals surface area contributed by atoms with Crippen molar-refractivity contribution in [1.82, 2.24) is 19.7 Å². The van der Waals surface area contributed by atoms with Gasteiger partial charge in [-0.25, -0.2) is 0 Å². The first-order valence-electron chi connectivity index (χ1n) is 7.59. The van der Waals surface area contributed by atoms with Crippen LogP contribution in [-0.2, 0) is 18.4 Å². The lowest BCUT2D eigenvalue weighted by molar-refractivity contribution is -0.127. The van der Waals surface area contributed by atoms with E-state index in [0.717, 1.165) is 11.4 Å². The SMILES string of the molecule is CN(Cc1cccs1)C(=O)CSc1nnc(-c2ccc(Cl)cc2)n1C. The van der Waals surface area contributed by atoms with Crippen molar-refractivity contribution < 1.29 is 4.79 Å². The number of hydrogen-bond donors (Lipinski definition) is 0. The molecular formula is C17H17ClN4OS2. The first kappa shape index (κ1) is 18.0. The smallest absolute Gasteiger partial charge is 0.233 e. The van der Waals surface area contributed by atoms with Crippen molar-refractivity contribution in [1.29, 1.82) is 0 Å². The second-order valence-corrected chi connectivity index (χ2v) is 7.90. The molecule has 0 N–H and O–H groups in total. The molecule has 0 radical (unpaired) electrons. The van der Waals surface area contributed by atoms with E-state index in [0.29, 0.717) is 22.5 Å². The Balaban J connectivity index is 1.62. The molecule has 1 amide bonds. The number of aromatic nitrogens is 3. The zero-order valence-corrected chi connectivity index (χ0v) is 16.2. The van der Waals surface area contributed by atoms with E-state index < -0.39 is 0 Å². The number of amides is 1. The summed E-state index contributed by atoms with van der Waals surface area (Å²) < 4.78 is 1.89. The lowest BCUT2D eigenvalue weighted by Crippen LogP contribution is -2.27. The van der Waals surface area contributed by atoms with E-state index in [9.17, 15) is 4.79 Å². The predicted molar refractivity (Wildman–Crippen MR) is 103 cm³/mol. The molecule has 2 heterocycles. The Kier molecular flexibility index (Phi) is 5.78. The Bertz CT molecular complexity index is 846. The number of halogens is 1. The van der Waals surface area contributed by atoms with Gasteiger partial charge in [0.25, 0.3) is 0 Å². The van der Waals surface area contributed by atoms with E-state index in [1.54, 1.807) is 16.2 Å². The number of carbonyl (C=O) groups is 1. The molecule has 0 aliphatic rings. The lowest BCUT2D eigenvalue weighted by Gasteiger charge is -2.15. The maximum Gasteiger partial charge on any atom is 0.233 e. The van der Waals surface area contributed by atoms with Crippen molar-refractivity contribution in [3.63, 3.8) is 0 Å². The van der Waals surface area contributed by atoms with Gasteiger partial charge >= 0.3 is 0 Å². The number of rotatable bonds is 6. The van der Waals surface area contributed by atoms with Gasteiger partial charge in [0.1, 0.15) is 0 Å². The van der Waals surface area contributed by atoms with E-state index in [1.165, 1.54) is 16.6 Å². The maximum absolute atomic E-state index is 12.3. The summed E-state index contributed by atoms with van der Waals surface area (Å²) in [6.07, 6.45) is 0. The van der Waals surface area contributed by atoms with Crippen LogP contribution in [0.15, 0.2) is 46.9 Å². The molecular weight excluding hydrogens is 376 g/mol. The predicted octanol–water partition coefficient (Wildman–Crippen LogP) is 3.95. The van der Waals surface area contributed by atoms with Gasteiger partial charge in [-0.2, -0.15) is 0 Å². The van der Waals surface area contributed by atoms with Gasteiger partial charge in [-0.3, -0.25) is 4.79 Å². The Morgan fingerprint density at radius 2 is 2.04 bits per heavy atom. The molecule has 0 atom stereocenters. The fraction of sp³-hybridized carbons (Fsp3) is 0.235. The second kappa shape index (κ2) is 8.03. The number of thioether (sulfide) groups is 1. The van der Waals surface area contributed by atoms with Crippen LogP contribution in [0.1, 0.15) is 4.88 Å². The minimum Gasteiger partial charge on any atom is -0.340 e. The molecule has 3 aromatic rings. The average molecular weight is 393 g/mol. The van der Waals surface area contributed by atoms with Crippen LogP contribution in [0.5, 0.6) is 0 Å². The molecule has 5 nitrogen and oxygen atoms in total. The van der Waals surface area contributed by atoms with Crippen LogP contribution >= 0.6 is 34.7 Å². The molecule has 3 rings (SSSR count). The van der Waals surface area contributed by atoms with Crippen LogP contribution in [-0.4, -0.2) is 38.4 Å². The van der Waals surface area contributed by atoms with E-state index in [1.807, 2.05) is 60.4 Å². The summed E-state index contributed by atoms with van der Waals surface area (Å²) in [5, 5.41) is 11.8. The zero-order chi connectivity index (χ0) is 17.8. The molecule has 25 heavy (non-hydrogen) atoms. The van der Waals surface area contributed by atoms with Gasteiger partial charge in [0.2, 0.25) is 5.91 Å². The summed E-state index contributed by atoms with van der Waals surface area (Å²) in [6, 6.07) is 11.5. The number of carbonyl (C=O) groups excluding carboxylic acids is 1. The monoisotopic (exact) mass is 392 g/mol. The minimum absolute atomic E-state index is 0.0643. The summed E-state index contributed by atoms with van der Waals surface area (Å²) in [6.45, 7) is 0.631. The Labute approximate surface area is 159 Å². The summed E-state index contributed by atoms with van der Waals surface area (Å²) in [7, 11) is 3.71. The van der Waals surface area contributed by atoms with E-state index in [2.05, 4.69) is 10.2 Å². The van der Waals surface area contributed by atoms with Gasteiger partial charge in [-0.15, -0.1) is 21.5 Å². The molecule has 2 aromatic heterocycles. The number of nitrogens with zero attached hydrogens (tertiary/aromatic N) is 4. The summed E-state index contributed by atoms with van der Waals surface area (Å²) in [5.74, 6) is 1.14. The third-order valence-corrected chi connectivity index (χ3v) is 5.78. The van der Waals surface area contributed by atoms with Gasteiger partial charge < -0.3 is 9.47 Å². The van der Waals surface area contributed by atoms with Crippen LogP contribution in [0.4, 0.5) is 0 Å². The lowest BCUT2D eigenvalue weighted by atomic mass is 10.2. The topological polar surface area (TPSA) is 51.0 Å². The van der Waals surface area contributed by atoms with Crippen molar-refractivity contribution in [2.24, 2.45) is 7.05 Å². The highest BCUT2D eigenvalue weighted by atomic mass is 35.5. The van der Waals surface area contributed by atoms with Crippen LogP contribution in [0, 0.1) is 0 Å². The first-order valence-corrected chi connectivity index (χ1v) is 9.83. The summed E-state index contributed by atoms with van der Waals surface area (Å²) >= 11 is 8.96. The molecule has 0 bridgehead atoms.